The van der Waals surface area contributed by atoms with E-state index in [1.54, 1.807) is 12.4 Å². The lowest BCUT2D eigenvalue weighted by atomic mass is 10.1. The maximum atomic E-state index is 6.07. The highest BCUT2D eigenvalue weighted by molar-refractivity contribution is 9.10. The van der Waals surface area contributed by atoms with Gasteiger partial charge in [-0.25, -0.2) is 0 Å². The van der Waals surface area contributed by atoms with Gasteiger partial charge in [0, 0.05) is 17.2 Å². The molecule has 2 aromatic rings. The van der Waals surface area contributed by atoms with Gasteiger partial charge in [-0.2, -0.15) is 0 Å². The fourth-order valence-electron chi connectivity index (χ4n) is 1.93. The molecule has 1 aromatic carbocycles. The zero-order valence-electron chi connectivity index (χ0n) is 11.6. The number of pyridine rings is 1. The normalized spacial score (nSPS) is 12.1. The number of rotatable bonds is 7. The van der Waals surface area contributed by atoms with Gasteiger partial charge in [0.25, 0.3) is 0 Å². The van der Waals surface area contributed by atoms with Crippen molar-refractivity contribution in [2.75, 3.05) is 13.1 Å². The number of hydrogen-bond donors (Lipinski definition) is 1. The molecule has 1 N–H and O–H groups in total. The van der Waals surface area contributed by atoms with Crippen LogP contribution in [0.5, 0.6) is 5.75 Å². The number of hydrogen-bond acceptors (Lipinski definition) is 3. The van der Waals surface area contributed by atoms with Gasteiger partial charge in [0.2, 0.25) is 0 Å². The van der Waals surface area contributed by atoms with Crippen LogP contribution in [-0.2, 0) is 0 Å². The molecule has 2 rings (SSSR count). The first-order valence-corrected chi connectivity index (χ1v) is 7.61. The summed E-state index contributed by atoms with van der Waals surface area (Å²) >= 11 is 3.41. The van der Waals surface area contributed by atoms with E-state index in [0.717, 1.165) is 35.3 Å². The molecule has 3 nitrogen and oxygen atoms in total. The molecule has 0 aliphatic heterocycles. The van der Waals surface area contributed by atoms with E-state index in [1.165, 1.54) is 0 Å². The van der Waals surface area contributed by atoms with Crippen LogP contribution in [0.4, 0.5) is 0 Å². The fraction of sp³-hybridized carbons (Fsp3) is 0.312. The molecule has 0 bridgehead atoms. The molecule has 20 heavy (non-hydrogen) atoms. The van der Waals surface area contributed by atoms with Gasteiger partial charge in [0.1, 0.15) is 11.9 Å². The summed E-state index contributed by atoms with van der Waals surface area (Å²) in [4.78, 5) is 4.14. The summed E-state index contributed by atoms with van der Waals surface area (Å²) in [5.41, 5.74) is 1.16. The predicted molar refractivity (Wildman–Crippen MR) is 84.9 cm³/mol. The average molecular weight is 335 g/mol. The van der Waals surface area contributed by atoms with Gasteiger partial charge in [0.15, 0.2) is 0 Å². The summed E-state index contributed by atoms with van der Waals surface area (Å²) in [6.07, 6.45) is 4.58. The van der Waals surface area contributed by atoms with E-state index in [-0.39, 0.29) is 6.10 Å². The van der Waals surface area contributed by atoms with Crippen molar-refractivity contribution in [3.63, 3.8) is 0 Å². The summed E-state index contributed by atoms with van der Waals surface area (Å²) in [5.74, 6) is 0.770. The Labute approximate surface area is 128 Å². The molecule has 0 aliphatic rings. The standard InChI is InChI=1S/C16H19BrN2O/c1-2-8-18-12-16(13-6-4-3-5-7-13)20-15-9-14(17)10-19-11-15/h3-7,9-11,16,18H,2,8,12H2,1H3. The molecule has 0 fully saturated rings. The molecule has 106 valence electrons. The Morgan fingerprint density at radius 2 is 2.05 bits per heavy atom. The van der Waals surface area contributed by atoms with Crippen LogP contribution in [0.1, 0.15) is 25.0 Å². The molecular weight excluding hydrogens is 316 g/mol. The quantitative estimate of drug-likeness (QED) is 0.778. The average Bonchev–Trinajstić information content (AvgIpc) is 2.47. The molecule has 0 saturated heterocycles. The van der Waals surface area contributed by atoms with Gasteiger partial charge in [-0.1, -0.05) is 37.3 Å². The maximum Gasteiger partial charge on any atom is 0.139 e. The highest BCUT2D eigenvalue weighted by Gasteiger charge is 2.13. The molecule has 1 unspecified atom stereocenters. The SMILES string of the molecule is CCCNCC(Oc1cncc(Br)c1)c1ccccc1. The Balaban J connectivity index is 2.10. The minimum Gasteiger partial charge on any atom is -0.483 e. The summed E-state index contributed by atoms with van der Waals surface area (Å²) in [6.45, 7) is 3.93. The van der Waals surface area contributed by atoms with E-state index >= 15 is 0 Å². The molecule has 4 heteroatoms. The molecular formula is C16H19BrN2O. The molecule has 0 spiro atoms. The van der Waals surface area contributed by atoms with E-state index in [2.05, 4.69) is 45.3 Å². The molecule has 0 amide bonds. The highest BCUT2D eigenvalue weighted by Crippen LogP contribution is 2.23. The van der Waals surface area contributed by atoms with Crippen LogP contribution in [0.3, 0.4) is 0 Å². The predicted octanol–water partition coefficient (Wildman–Crippen LogP) is 3.96. The first kappa shape index (κ1) is 15.0. The smallest absolute Gasteiger partial charge is 0.139 e. The van der Waals surface area contributed by atoms with Crippen molar-refractivity contribution in [2.24, 2.45) is 0 Å². The molecule has 1 aromatic heterocycles. The van der Waals surface area contributed by atoms with Crippen molar-refractivity contribution in [1.82, 2.24) is 10.3 Å². The van der Waals surface area contributed by atoms with Crippen LogP contribution in [0.15, 0.2) is 53.3 Å². The topological polar surface area (TPSA) is 34.1 Å². The van der Waals surface area contributed by atoms with E-state index in [1.807, 2.05) is 24.3 Å². The number of halogens is 1. The third-order valence-corrected chi connectivity index (χ3v) is 3.32. The van der Waals surface area contributed by atoms with Crippen molar-refractivity contribution in [3.05, 3.63) is 58.8 Å². The van der Waals surface area contributed by atoms with Gasteiger partial charge in [0.05, 0.1) is 6.20 Å². The lowest BCUT2D eigenvalue weighted by molar-refractivity contribution is 0.201. The minimum atomic E-state index is -0.0150. The van der Waals surface area contributed by atoms with Crippen molar-refractivity contribution in [2.45, 2.75) is 19.4 Å². The summed E-state index contributed by atoms with van der Waals surface area (Å²) in [7, 11) is 0. The van der Waals surface area contributed by atoms with Gasteiger partial charge < -0.3 is 10.1 Å². The molecule has 0 aliphatic carbocycles. The van der Waals surface area contributed by atoms with Crippen molar-refractivity contribution >= 4 is 15.9 Å². The summed E-state index contributed by atoms with van der Waals surface area (Å²) < 4.78 is 6.99. The van der Waals surface area contributed by atoms with Gasteiger partial charge in [-0.15, -0.1) is 0 Å². The second-order valence-corrected chi connectivity index (χ2v) is 5.48. The monoisotopic (exact) mass is 334 g/mol. The number of benzene rings is 1. The number of nitrogens with one attached hydrogen (secondary N) is 1. The number of aromatic nitrogens is 1. The minimum absolute atomic E-state index is 0.0150. The van der Waals surface area contributed by atoms with Crippen molar-refractivity contribution in [1.29, 1.82) is 0 Å². The Bertz CT molecular complexity index is 519. The fourth-order valence-corrected chi connectivity index (χ4v) is 2.27. The maximum absolute atomic E-state index is 6.07. The van der Waals surface area contributed by atoms with Crippen molar-refractivity contribution in [3.8, 4) is 5.75 Å². The van der Waals surface area contributed by atoms with Gasteiger partial charge >= 0.3 is 0 Å². The molecule has 1 heterocycles. The van der Waals surface area contributed by atoms with Crippen LogP contribution in [0.2, 0.25) is 0 Å². The third-order valence-electron chi connectivity index (χ3n) is 2.89. The van der Waals surface area contributed by atoms with Crippen LogP contribution >= 0.6 is 15.9 Å². The van der Waals surface area contributed by atoms with Crippen LogP contribution < -0.4 is 10.1 Å². The summed E-state index contributed by atoms with van der Waals surface area (Å²) in [5, 5.41) is 3.41. The Kier molecular flexibility index (Phi) is 6.02. The van der Waals surface area contributed by atoms with Crippen LogP contribution in [0, 0.1) is 0 Å². The lowest BCUT2D eigenvalue weighted by Crippen LogP contribution is -2.25. The number of ether oxygens (including phenoxy) is 1. The van der Waals surface area contributed by atoms with Gasteiger partial charge in [-0.05, 0) is 40.5 Å². The Hall–Kier alpha value is -1.39. The van der Waals surface area contributed by atoms with Crippen LogP contribution in [0.25, 0.3) is 0 Å². The second-order valence-electron chi connectivity index (χ2n) is 4.56. The van der Waals surface area contributed by atoms with Gasteiger partial charge in [-0.3, -0.25) is 4.98 Å². The zero-order valence-corrected chi connectivity index (χ0v) is 13.1. The van der Waals surface area contributed by atoms with Crippen LogP contribution in [-0.4, -0.2) is 18.1 Å². The summed E-state index contributed by atoms with van der Waals surface area (Å²) in [6, 6.07) is 12.2. The molecule has 0 saturated carbocycles. The molecule has 0 radical (unpaired) electrons. The Morgan fingerprint density at radius 3 is 2.75 bits per heavy atom. The lowest BCUT2D eigenvalue weighted by Gasteiger charge is -2.20. The van der Waals surface area contributed by atoms with E-state index in [0.29, 0.717) is 0 Å². The van der Waals surface area contributed by atoms with E-state index in [4.69, 9.17) is 4.74 Å². The highest BCUT2D eigenvalue weighted by atomic mass is 79.9. The first-order valence-electron chi connectivity index (χ1n) is 6.82. The largest absolute Gasteiger partial charge is 0.483 e. The Morgan fingerprint density at radius 1 is 1.25 bits per heavy atom. The van der Waals surface area contributed by atoms with E-state index < -0.39 is 0 Å². The van der Waals surface area contributed by atoms with E-state index in [9.17, 15) is 0 Å². The number of nitrogens with zero attached hydrogens (tertiary/aromatic N) is 1. The first-order chi connectivity index (χ1) is 9.79. The molecule has 1 atom stereocenters. The van der Waals surface area contributed by atoms with Crippen molar-refractivity contribution < 1.29 is 4.74 Å². The second kappa shape index (κ2) is 8.02. The zero-order chi connectivity index (χ0) is 14.2. The third kappa shape index (κ3) is 4.62.